The summed E-state index contributed by atoms with van der Waals surface area (Å²) in [5.41, 5.74) is 2.16. The predicted octanol–water partition coefficient (Wildman–Crippen LogP) is 6.18. The molecule has 1 fully saturated rings. The molecule has 0 aliphatic carbocycles. The summed E-state index contributed by atoms with van der Waals surface area (Å²) in [6, 6.07) is 27.4. The number of sulfone groups is 1. The lowest BCUT2D eigenvalue weighted by Gasteiger charge is -2.17. The first kappa shape index (κ1) is 33.0. The Bertz CT molecular complexity index is 2170. The van der Waals surface area contributed by atoms with Crippen LogP contribution in [-0.2, 0) is 27.7 Å². The van der Waals surface area contributed by atoms with Crippen molar-refractivity contribution >= 4 is 44.8 Å². The van der Waals surface area contributed by atoms with Crippen LogP contribution in [0.2, 0.25) is 0 Å². The van der Waals surface area contributed by atoms with E-state index >= 15 is 0 Å². The highest BCUT2D eigenvalue weighted by molar-refractivity contribution is 7.91. The summed E-state index contributed by atoms with van der Waals surface area (Å²) in [4.78, 5) is 45.2. The SMILES string of the molecule is O=C(NCc1cnc(-c2ccc(OC[C@@H]3CCN(C(=O)OCc4ccccc4)C3)cc2)s1)c1ccc2c(c1)NC(=O)c1ccccc1S2(=O)=O. The molecule has 0 bridgehead atoms. The van der Waals surface area contributed by atoms with Gasteiger partial charge < -0.3 is 25.0 Å². The van der Waals surface area contributed by atoms with E-state index in [9.17, 15) is 22.8 Å². The van der Waals surface area contributed by atoms with Crippen molar-refractivity contribution < 1.29 is 32.3 Å². The Hall–Kier alpha value is -5.53. The molecular weight excluding hydrogens is 677 g/mol. The predicted molar refractivity (Wildman–Crippen MR) is 187 cm³/mol. The van der Waals surface area contributed by atoms with Gasteiger partial charge in [-0.3, -0.25) is 9.59 Å². The number of anilines is 1. The molecule has 2 N–H and O–H groups in total. The maximum Gasteiger partial charge on any atom is 0.410 e. The molecular formula is C37H32N4O7S2. The van der Waals surface area contributed by atoms with E-state index < -0.39 is 21.7 Å². The van der Waals surface area contributed by atoms with Gasteiger partial charge in [0, 0.05) is 41.2 Å². The number of carbonyl (C=O) groups is 3. The van der Waals surface area contributed by atoms with Gasteiger partial charge >= 0.3 is 6.09 Å². The number of hydrogen-bond acceptors (Lipinski definition) is 9. The Morgan fingerprint density at radius 2 is 1.74 bits per heavy atom. The van der Waals surface area contributed by atoms with Crippen LogP contribution in [0, 0.1) is 5.92 Å². The average molecular weight is 709 g/mol. The zero-order valence-electron chi connectivity index (χ0n) is 26.7. The molecule has 3 heterocycles. The molecule has 0 radical (unpaired) electrons. The third kappa shape index (κ3) is 7.09. The number of carbonyl (C=O) groups excluding carboxylic acids is 3. The number of thiazole rings is 1. The molecule has 0 spiro atoms. The van der Waals surface area contributed by atoms with Crippen molar-refractivity contribution in [3.63, 3.8) is 0 Å². The van der Waals surface area contributed by atoms with Gasteiger partial charge in [-0.1, -0.05) is 42.5 Å². The maximum absolute atomic E-state index is 13.2. The Balaban J connectivity index is 0.898. The molecule has 2 aliphatic rings. The molecule has 0 saturated carbocycles. The molecule has 2 aliphatic heterocycles. The monoisotopic (exact) mass is 708 g/mol. The van der Waals surface area contributed by atoms with Crippen LogP contribution < -0.4 is 15.4 Å². The number of benzene rings is 4. The van der Waals surface area contributed by atoms with E-state index in [2.05, 4.69) is 15.6 Å². The third-order valence-corrected chi connectivity index (χ3v) is 11.4. The van der Waals surface area contributed by atoms with Gasteiger partial charge in [-0.05, 0) is 66.6 Å². The topological polar surface area (TPSA) is 144 Å². The molecule has 4 aromatic carbocycles. The minimum Gasteiger partial charge on any atom is -0.493 e. The second kappa shape index (κ2) is 14.1. The summed E-state index contributed by atoms with van der Waals surface area (Å²) >= 11 is 1.43. The Morgan fingerprint density at radius 1 is 0.960 bits per heavy atom. The number of hydrogen-bond donors (Lipinski definition) is 2. The van der Waals surface area contributed by atoms with Gasteiger partial charge in [0.05, 0.1) is 34.2 Å². The molecule has 7 rings (SSSR count). The maximum atomic E-state index is 13.2. The minimum absolute atomic E-state index is 0.0499. The van der Waals surface area contributed by atoms with Gasteiger partial charge in [0.1, 0.15) is 17.4 Å². The molecule has 1 aromatic heterocycles. The smallest absolute Gasteiger partial charge is 0.410 e. The average Bonchev–Trinajstić information content (AvgIpc) is 3.81. The van der Waals surface area contributed by atoms with Crippen LogP contribution in [0.5, 0.6) is 5.75 Å². The number of likely N-dealkylation sites (tertiary alicyclic amines) is 1. The Labute approximate surface area is 292 Å². The number of nitrogens with zero attached hydrogens (tertiary/aromatic N) is 2. The second-order valence-corrected chi connectivity index (χ2v) is 15.0. The largest absolute Gasteiger partial charge is 0.493 e. The van der Waals surface area contributed by atoms with Crippen LogP contribution >= 0.6 is 11.3 Å². The number of fused-ring (bicyclic) bond motifs is 2. The molecule has 11 nitrogen and oxygen atoms in total. The van der Waals surface area contributed by atoms with Crippen LogP contribution in [0.1, 0.15) is 37.6 Å². The first-order chi connectivity index (χ1) is 24.2. The van der Waals surface area contributed by atoms with Gasteiger partial charge in [-0.25, -0.2) is 18.2 Å². The van der Waals surface area contributed by atoms with Crippen molar-refractivity contribution in [1.82, 2.24) is 15.2 Å². The number of nitrogens with one attached hydrogen (secondary N) is 2. The quantitative estimate of drug-likeness (QED) is 0.185. The lowest BCUT2D eigenvalue weighted by atomic mass is 10.1. The molecule has 0 unspecified atom stereocenters. The van der Waals surface area contributed by atoms with E-state index in [1.165, 1.54) is 41.7 Å². The van der Waals surface area contributed by atoms with Crippen molar-refractivity contribution in [1.29, 1.82) is 0 Å². The number of aromatic nitrogens is 1. The number of rotatable bonds is 9. The van der Waals surface area contributed by atoms with Crippen LogP contribution in [0.25, 0.3) is 10.6 Å². The highest BCUT2D eigenvalue weighted by Gasteiger charge is 2.31. The molecule has 3 amide bonds. The fourth-order valence-electron chi connectivity index (χ4n) is 5.84. The van der Waals surface area contributed by atoms with Crippen molar-refractivity contribution in [2.75, 3.05) is 25.0 Å². The second-order valence-electron chi connectivity index (χ2n) is 12.0. The first-order valence-corrected chi connectivity index (χ1v) is 18.3. The van der Waals surface area contributed by atoms with Gasteiger partial charge in [0.2, 0.25) is 9.84 Å². The van der Waals surface area contributed by atoms with Crippen LogP contribution in [0.15, 0.2) is 113 Å². The summed E-state index contributed by atoms with van der Waals surface area (Å²) in [5, 5.41) is 6.25. The van der Waals surface area contributed by atoms with Crippen molar-refractivity contribution in [2.45, 2.75) is 29.4 Å². The minimum atomic E-state index is -3.96. The lowest BCUT2D eigenvalue weighted by Crippen LogP contribution is -2.30. The molecule has 13 heteroatoms. The zero-order chi connectivity index (χ0) is 34.7. The van der Waals surface area contributed by atoms with Crippen LogP contribution in [-0.4, -0.2) is 55.9 Å². The normalized spacial score (nSPS) is 16.0. The standard InChI is InChI=1S/C37H32N4O7S2/c42-34(27-12-15-33-31(18-27)40-35(43)30-8-4-5-9-32(30)50(33,45)46)38-19-29-20-39-36(49-29)26-10-13-28(14-11-26)47-23-25-16-17-41(21-25)37(44)48-22-24-6-2-1-3-7-24/h1-15,18,20,25H,16-17,19,21-23H2,(H,38,42)(H,40,43)/t25-/m1/s1. The highest BCUT2D eigenvalue weighted by atomic mass is 32.2. The van der Waals surface area contributed by atoms with Crippen LogP contribution in [0.4, 0.5) is 10.5 Å². The number of amides is 3. The molecule has 50 heavy (non-hydrogen) atoms. The molecule has 1 atom stereocenters. The van der Waals surface area contributed by atoms with Crippen LogP contribution in [0.3, 0.4) is 0 Å². The molecule has 1 saturated heterocycles. The van der Waals surface area contributed by atoms with Gasteiger partial charge in [-0.15, -0.1) is 11.3 Å². The van der Waals surface area contributed by atoms with Gasteiger partial charge in [-0.2, -0.15) is 0 Å². The van der Waals surface area contributed by atoms with E-state index in [-0.39, 0.29) is 51.8 Å². The van der Waals surface area contributed by atoms with E-state index in [0.29, 0.717) is 19.7 Å². The lowest BCUT2D eigenvalue weighted by molar-refractivity contribution is 0.0949. The van der Waals surface area contributed by atoms with E-state index in [4.69, 9.17) is 9.47 Å². The summed E-state index contributed by atoms with van der Waals surface area (Å²) in [5.74, 6) is -0.0505. The van der Waals surface area contributed by atoms with Crippen molar-refractivity contribution in [3.8, 4) is 16.3 Å². The summed E-state index contributed by atoms with van der Waals surface area (Å²) in [6.07, 6.45) is 2.23. The summed E-state index contributed by atoms with van der Waals surface area (Å²) in [6.45, 7) is 2.18. The fraction of sp³-hybridized carbons (Fsp3) is 0.189. The summed E-state index contributed by atoms with van der Waals surface area (Å²) in [7, 11) is -3.96. The van der Waals surface area contributed by atoms with Gasteiger partial charge in [0.25, 0.3) is 11.8 Å². The molecule has 254 valence electrons. The third-order valence-electron chi connectivity index (χ3n) is 8.51. The van der Waals surface area contributed by atoms with E-state index in [1.54, 1.807) is 23.2 Å². The Kier molecular flexibility index (Phi) is 9.33. The van der Waals surface area contributed by atoms with Gasteiger partial charge in [0.15, 0.2) is 0 Å². The van der Waals surface area contributed by atoms with E-state index in [0.717, 1.165) is 33.2 Å². The fourth-order valence-corrected chi connectivity index (χ4v) is 8.29. The Morgan fingerprint density at radius 3 is 2.56 bits per heavy atom. The highest BCUT2D eigenvalue weighted by Crippen LogP contribution is 2.34. The molecule has 5 aromatic rings. The first-order valence-electron chi connectivity index (χ1n) is 16.0. The summed E-state index contributed by atoms with van der Waals surface area (Å²) < 4.78 is 38.0. The van der Waals surface area contributed by atoms with Crippen molar-refractivity contribution in [2.24, 2.45) is 5.92 Å². The number of ether oxygens (including phenoxy) is 2. The van der Waals surface area contributed by atoms with Crippen molar-refractivity contribution in [3.05, 3.63) is 125 Å². The zero-order valence-corrected chi connectivity index (χ0v) is 28.3. The van der Waals surface area contributed by atoms with E-state index in [1.807, 2.05) is 54.6 Å².